The molecule has 1 fully saturated rings. The minimum atomic E-state index is 0.280. The fourth-order valence-electron chi connectivity index (χ4n) is 2.62. The van der Waals surface area contributed by atoms with E-state index in [2.05, 4.69) is 23.2 Å². The largest absolute Gasteiger partial charge is 0.396 e. The maximum absolute atomic E-state index is 8.89. The van der Waals surface area contributed by atoms with Gasteiger partial charge in [-0.15, -0.1) is 0 Å². The van der Waals surface area contributed by atoms with E-state index in [0.29, 0.717) is 18.5 Å². The lowest BCUT2D eigenvalue weighted by Crippen LogP contribution is -2.49. The van der Waals surface area contributed by atoms with Crippen LogP contribution in [-0.4, -0.2) is 48.8 Å². The van der Waals surface area contributed by atoms with E-state index < -0.39 is 0 Å². The Labute approximate surface area is 105 Å². The summed E-state index contributed by atoms with van der Waals surface area (Å²) in [6.45, 7) is 6.03. The molecule has 17 heavy (non-hydrogen) atoms. The van der Waals surface area contributed by atoms with Gasteiger partial charge in [-0.2, -0.15) is 5.26 Å². The molecular formula is C13H25N3O. The highest BCUT2D eigenvalue weighted by Gasteiger charge is 2.26. The van der Waals surface area contributed by atoms with Gasteiger partial charge in [0, 0.05) is 25.7 Å². The Morgan fingerprint density at radius 2 is 2.29 bits per heavy atom. The minimum Gasteiger partial charge on any atom is -0.396 e. The third kappa shape index (κ3) is 5.49. The van der Waals surface area contributed by atoms with Gasteiger partial charge in [-0.1, -0.05) is 6.92 Å². The van der Waals surface area contributed by atoms with Crippen molar-refractivity contribution in [3.8, 4) is 6.07 Å². The zero-order valence-electron chi connectivity index (χ0n) is 10.9. The second kappa shape index (κ2) is 8.46. The van der Waals surface area contributed by atoms with E-state index in [1.165, 1.54) is 6.42 Å². The highest BCUT2D eigenvalue weighted by molar-refractivity contribution is 4.87. The van der Waals surface area contributed by atoms with Crippen LogP contribution in [-0.2, 0) is 0 Å². The van der Waals surface area contributed by atoms with Crippen molar-refractivity contribution in [2.75, 3.05) is 32.8 Å². The molecule has 0 aromatic carbocycles. The number of piperidine rings is 1. The molecule has 0 amide bonds. The molecule has 0 aliphatic carbocycles. The number of nitriles is 1. The topological polar surface area (TPSA) is 59.3 Å². The van der Waals surface area contributed by atoms with Gasteiger partial charge >= 0.3 is 0 Å². The zero-order chi connectivity index (χ0) is 12.5. The maximum Gasteiger partial charge on any atom is 0.0866 e. The molecule has 0 aromatic rings. The molecule has 1 heterocycles. The molecule has 2 N–H and O–H groups in total. The number of nitrogens with one attached hydrogen (secondary N) is 1. The Balaban J connectivity index is 2.41. The van der Waals surface area contributed by atoms with Crippen LogP contribution in [0.4, 0.5) is 0 Å². The molecule has 4 nitrogen and oxygen atoms in total. The highest BCUT2D eigenvalue weighted by atomic mass is 16.2. The van der Waals surface area contributed by atoms with Crippen LogP contribution in [0.3, 0.4) is 0 Å². The molecule has 0 bridgehead atoms. The monoisotopic (exact) mass is 239 g/mol. The van der Waals surface area contributed by atoms with Gasteiger partial charge in [-0.3, -0.25) is 4.90 Å². The van der Waals surface area contributed by atoms with E-state index in [4.69, 9.17) is 10.4 Å². The SMILES string of the molecule is CCCNC1CC(CCCO)CN(CC#N)C1. The van der Waals surface area contributed by atoms with Crippen molar-refractivity contribution < 1.29 is 5.11 Å². The number of aliphatic hydroxyl groups excluding tert-OH is 1. The third-order valence-corrected chi connectivity index (χ3v) is 3.36. The smallest absolute Gasteiger partial charge is 0.0866 e. The number of aliphatic hydroxyl groups is 1. The first-order chi connectivity index (χ1) is 8.30. The number of likely N-dealkylation sites (tertiary alicyclic amines) is 1. The van der Waals surface area contributed by atoms with Gasteiger partial charge in [0.05, 0.1) is 12.6 Å². The summed E-state index contributed by atoms with van der Waals surface area (Å²) < 4.78 is 0. The van der Waals surface area contributed by atoms with E-state index in [1.807, 2.05) is 0 Å². The first-order valence-electron chi connectivity index (χ1n) is 6.73. The molecule has 0 saturated carbocycles. The molecule has 4 heteroatoms. The van der Waals surface area contributed by atoms with Crippen LogP contribution in [0.5, 0.6) is 0 Å². The molecule has 0 spiro atoms. The summed E-state index contributed by atoms with van der Waals surface area (Å²) in [6.07, 6.45) is 4.28. The molecule has 1 rings (SSSR count). The van der Waals surface area contributed by atoms with Crippen molar-refractivity contribution >= 4 is 0 Å². The van der Waals surface area contributed by atoms with Crippen molar-refractivity contribution in [2.24, 2.45) is 5.92 Å². The summed E-state index contributed by atoms with van der Waals surface area (Å²) in [7, 11) is 0. The van der Waals surface area contributed by atoms with Gasteiger partial charge < -0.3 is 10.4 Å². The summed E-state index contributed by atoms with van der Waals surface area (Å²) in [5.41, 5.74) is 0. The zero-order valence-corrected chi connectivity index (χ0v) is 10.9. The average Bonchev–Trinajstić information content (AvgIpc) is 2.34. The van der Waals surface area contributed by atoms with Crippen LogP contribution < -0.4 is 5.32 Å². The fraction of sp³-hybridized carbons (Fsp3) is 0.923. The van der Waals surface area contributed by atoms with Crippen molar-refractivity contribution in [1.29, 1.82) is 5.26 Å². The van der Waals surface area contributed by atoms with E-state index in [9.17, 15) is 0 Å². The van der Waals surface area contributed by atoms with Gasteiger partial charge in [0.15, 0.2) is 0 Å². The van der Waals surface area contributed by atoms with Crippen LogP contribution in [0.15, 0.2) is 0 Å². The lowest BCUT2D eigenvalue weighted by Gasteiger charge is -2.37. The Hall–Kier alpha value is -0.630. The fourth-order valence-corrected chi connectivity index (χ4v) is 2.62. The summed E-state index contributed by atoms with van der Waals surface area (Å²) in [5.74, 6) is 0.624. The average molecular weight is 239 g/mol. The molecule has 1 saturated heterocycles. The van der Waals surface area contributed by atoms with Crippen molar-refractivity contribution in [1.82, 2.24) is 10.2 Å². The molecule has 1 aliphatic rings. The van der Waals surface area contributed by atoms with Gasteiger partial charge in [-0.05, 0) is 38.1 Å². The molecular weight excluding hydrogens is 214 g/mol. The molecule has 2 atom stereocenters. The van der Waals surface area contributed by atoms with Crippen LogP contribution in [0.2, 0.25) is 0 Å². The molecule has 98 valence electrons. The Kier molecular flexibility index (Phi) is 7.18. The Morgan fingerprint density at radius 1 is 1.47 bits per heavy atom. The summed E-state index contributed by atoms with van der Waals surface area (Å²) >= 11 is 0. The molecule has 2 unspecified atom stereocenters. The number of rotatable bonds is 7. The second-order valence-corrected chi connectivity index (χ2v) is 4.97. The first kappa shape index (κ1) is 14.4. The van der Waals surface area contributed by atoms with Crippen LogP contribution in [0, 0.1) is 17.2 Å². The molecule has 0 radical (unpaired) electrons. The molecule has 0 aromatic heterocycles. The van der Waals surface area contributed by atoms with Crippen LogP contribution >= 0.6 is 0 Å². The summed E-state index contributed by atoms with van der Waals surface area (Å²) in [4.78, 5) is 2.23. The molecule has 1 aliphatic heterocycles. The quantitative estimate of drug-likeness (QED) is 0.650. The predicted octanol–water partition coefficient (Wildman–Crippen LogP) is 0.973. The standard InChI is InChI=1S/C13H25N3O/c1-2-6-15-13-9-12(4-3-8-17)10-16(11-13)7-5-14/h12-13,15,17H,2-4,6-11H2,1H3. The Bertz CT molecular complexity index is 223. The predicted molar refractivity (Wildman–Crippen MR) is 68.6 cm³/mol. The van der Waals surface area contributed by atoms with Gasteiger partial charge in [0.1, 0.15) is 0 Å². The van der Waals surface area contributed by atoms with Gasteiger partial charge in [0.2, 0.25) is 0 Å². The number of nitrogens with zero attached hydrogens (tertiary/aromatic N) is 2. The van der Waals surface area contributed by atoms with Crippen molar-refractivity contribution in [2.45, 2.75) is 38.6 Å². The van der Waals surface area contributed by atoms with Gasteiger partial charge in [0.25, 0.3) is 0 Å². The maximum atomic E-state index is 8.89. The van der Waals surface area contributed by atoms with Crippen LogP contribution in [0.1, 0.15) is 32.6 Å². The minimum absolute atomic E-state index is 0.280. The third-order valence-electron chi connectivity index (χ3n) is 3.36. The number of hydrogen-bond donors (Lipinski definition) is 2. The first-order valence-corrected chi connectivity index (χ1v) is 6.73. The van der Waals surface area contributed by atoms with E-state index in [0.717, 1.165) is 38.9 Å². The van der Waals surface area contributed by atoms with Gasteiger partial charge in [-0.25, -0.2) is 0 Å². The highest BCUT2D eigenvalue weighted by Crippen LogP contribution is 2.21. The Morgan fingerprint density at radius 3 is 2.94 bits per heavy atom. The summed E-state index contributed by atoms with van der Waals surface area (Å²) in [6, 6.07) is 2.75. The lowest BCUT2D eigenvalue weighted by molar-refractivity contribution is 0.142. The van der Waals surface area contributed by atoms with Crippen LogP contribution in [0.25, 0.3) is 0 Å². The van der Waals surface area contributed by atoms with E-state index in [1.54, 1.807) is 0 Å². The second-order valence-electron chi connectivity index (χ2n) is 4.97. The summed E-state index contributed by atoms with van der Waals surface area (Å²) in [5, 5.41) is 21.2. The van der Waals surface area contributed by atoms with Crippen molar-refractivity contribution in [3.63, 3.8) is 0 Å². The van der Waals surface area contributed by atoms with E-state index >= 15 is 0 Å². The van der Waals surface area contributed by atoms with E-state index in [-0.39, 0.29) is 6.61 Å². The normalized spacial score (nSPS) is 25.7. The lowest BCUT2D eigenvalue weighted by atomic mass is 9.90. The number of hydrogen-bond acceptors (Lipinski definition) is 4. The van der Waals surface area contributed by atoms with Crippen molar-refractivity contribution in [3.05, 3.63) is 0 Å².